The molecule has 2 heterocycles. The summed E-state index contributed by atoms with van der Waals surface area (Å²) in [7, 11) is 0. The molecule has 1 aliphatic heterocycles. The minimum atomic E-state index is -0.399. The second kappa shape index (κ2) is 7.55. The van der Waals surface area contributed by atoms with Crippen LogP contribution in [0.1, 0.15) is 47.6 Å². The number of aromatic amines is 2. The molecule has 8 nitrogen and oxygen atoms in total. The van der Waals surface area contributed by atoms with E-state index in [1.54, 1.807) is 11.8 Å². The number of carbonyl (C=O) groups excluding carboxylic acids is 2. The zero-order valence-corrected chi connectivity index (χ0v) is 14.9. The van der Waals surface area contributed by atoms with Crippen LogP contribution in [0.25, 0.3) is 0 Å². The number of nitrogens with zero attached hydrogens (tertiary/aromatic N) is 2. The van der Waals surface area contributed by atoms with Crippen molar-refractivity contribution in [3.05, 3.63) is 51.7 Å². The first-order valence-corrected chi connectivity index (χ1v) is 8.75. The normalized spacial score (nSPS) is 16.3. The zero-order valence-electron chi connectivity index (χ0n) is 14.9. The van der Waals surface area contributed by atoms with E-state index in [0.29, 0.717) is 37.3 Å². The Morgan fingerprint density at radius 1 is 1.27 bits per heavy atom. The van der Waals surface area contributed by atoms with Gasteiger partial charge in [0, 0.05) is 24.6 Å². The lowest BCUT2D eigenvalue weighted by atomic mass is 9.94. The molecule has 1 atom stereocenters. The van der Waals surface area contributed by atoms with Gasteiger partial charge in [-0.3, -0.25) is 14.6 Å². The Labute approximate surface area is 151 Å². The molecule has 0 saturated carbocycles. The minimum absolute atomic E-state index is 0.0180. The summed E-state index contributed by atoms with van der Waals surface area (Å²) in [5.74, 6) is 0.188. The maximum absolute atomic E-state index is 12.6. The molecule has 2 amide bonds. The summed E-state index contributed by atoms with van der Waals surface area (Å²) in [6, 6.07) is 7.15. The lowest BCUT2D eigenvalue weighted by molar-refractivity contribution is -0.127. The van der Waals surface area contributed by atoms with Crippen LogP contribution < -0.4 is 11.0 Å². The van der Waals surface area contributed by atoms with Crippen molar-refractivity contribution in [1.29, 1.82) is 0 Å². The Bertz CT molecular complexity index is 848. The predicted octanol–water partition coefficient (Wildman–Crippen LogP) is 1.14. The van der Waals surface area contributed by atoms with Crippen LogP contribution in [0, 0.1) is 12.8 Å². The van der Waals surface area contributed by atoms with Crippen LogP contribution in [0.2, 0.25) is 0 Å². The highest BCUT2D eigenvalue weighted by Gasteiger charge is 2.29. The molecule has 26 heavy (non-hydrogen) atoms. The highest BCUT2D eigenvalue weighted by atomic mass is 16.2. The molecule has 0 spiro atoms. The highest BCUT2D eigenvalue weighted by molar-refractivity contribution is 5.95. The van der Waals surface area contributed by atoms with Gasteiger partial charge in [0.25, 0.3) is 5.91 Å². The van der Waals surface area contributed by atoms with Gasteiger partial charge in [0.2, 0.25) is 5.91 Å². The van der Waals surface area contributed by atoms with Gasteiger partial charge in [-0.05, 0) is 38.3 Å². The molecule has 1 fully saturated rings. The molecular formula is C18H23N5O3. The Morgan fingerprint density at radius 3 is 2.58 bits per heavy atom. The van der Waals surface area contributed by atoms with Crippen molar-refractivity contribution in [2.45, 2.75) is 32.7 Å². The zero-order chi connectivity index (χ0) is 18.7. The van der Waals surface area contributed by atoms with E-state index in [1.807, 2.05) is 31.2 Å². The van der Waals surface area contributed by atoms with Crippen molar-refractivity contribution in [3.8, 4) is 0 Å². The summed E-state index contributed by atoms with van der Waals surface area (Å²) in [6.45, 7) is 4.80. The Kier molecular flexibility index (Phi) is 5.20. The smallest absolute Gasteiger partial charge is 0.340 e. The second-order valence-corrected chi connectivity index (χ2v) is 6.67. The van der Waals surface area contributed by atoms with Crippen molar-refractivity contribution in [2.75, 3.05) is 13.1 Å². The largest absolute Gasteiger partial charge is 0.346 e. The van der Waals surface area contributed by atoms with Crippen LogP contribution >= 0.6 is 0 Å². The summed E-state index contributed by atoms with van der Waals surface area (Å²) < 4.78 is 0. The van der Waals surface area contributed by atoms with Crippen molar-refractivity contribution in [2.24, 2.45) is 5.92 Å². The van der Waals surface area contributed by atoms with Gasteiger partial charge in [0.1, 0.15) is 0 Å². The molecular weight excluding hydrogens is 334 g/mol. The van der Waals surface area contributed by atoms with Crippen LogP contribution in [-0.4, -0.2) is 45.0 Å². The maximum atomic E-state index is 12.6. The number of carbonyl (C=O) groups is 2. The number of aromatic nitrogens is 3. The topological polar surface area (TPSA) is 111 Å². The quantitative estimate of drug-likeness (QED) is 0.762. The molecule has 1 saturated heterocycles. The average molecular weight is 357 g/mol. The standard InChI is InChI=1S/C18H23N5O3/c1-11-5-3-4-6-14(11)17(25)23-9-7-13(8-10-23)16(24)19-12(2)15-20-18(26)22-21-15/h3-6,12-13H,7-10H2,1-2H3,(H,19,24)(H2,20,21,22,26)/t12-/m0/s1. The molecule has 1 aromatic heterocycles. The third-order valence-corrected chi connectivity index (χ3v) is 4.82. The van der Waals surface area contributed by atoms with Crippen molar-refractivity contribution in [3.63, 3.8) is 0 Å². The van der Waals surface area contributed by atoms with E-state index in [9.17, 15) is 14.4 Å². The van der Waals surface area contributed by atoms with Gasteiger partial charge in [-0.2, -0.15) is 5.10 Å². The number of benzene rings is 1. The number of amides is 2. The van der Waals surface area contributed by atoms with Crippen LogP contribution in [0.15, 0.2) is 29.1 Å². The fraction of sp³-hybridized carbons (Fsp3) is 0.444. The first kappa shape index (κ1) is 17.9. The third-order valence-electron chi connectivity index (χ3n) is 4.82. The van der Waals surface area contributed by atoms with Crippen LogP contribution in [0.3, 0.4) is 0 Å². The van der Waals surface area contributed by atoms with Crippen LogP contribution in [0.5, 0.6) is 0 Å². The maximum Gasteiger partial charge on any atom is 0.340 e. The van der Waals surface area contributed by atoms with Gasteiger partial charge in [-0.1, -0.05) is 18.2 Å². The van der Waals surface area contributed by atoms with Gasteiger partial charge >= 0.3 is 5.69 Å². The summed E-state index contributed by atoms with van der Waals surface area (Å²) in [6.07, 6.45) is 1.24. The Hall–Kier alpha value is -2.90. The molecule has 3 N–H and O–H groups in total. The van der Waals surface area contributed by atoms with Crippen molar-refractivity contribution >= 4 is 11.8 Å². The highest BCUT2D eigenvalue weighted by Crippen LogP contribution is 2.21. The summed E-state index contributed by atoms with van der Waals surface area (Å²) >= 11 is 0. The molecule has 2 aromatic rings. The summed E-state index contributed by atoms with van der Waals surface area (Å²) in [5.41, 5.74) is 1.27. The number of nitrogens with one attached hydrogen (secondary N) is 3. The molecule has 8 heteroatoms. The fourth-order valence-electron chi connectivity index (χ4n) is 3.22. The van der Waals surface area contributed by atoms with Gasteiger partial charge in [0.15, 0.2) is 5.82 Å². The summed E-state index contributed by atoms with van der Waals surface area (Å²) in [5, 5.41) is 8.98. The Balaban J connectivity index is 1.54. The van der Waals surface area contributed by atoms with E-state index in [2.05, 4.69) is 20.5 Å². The van der Waals surface area contributed by atoms with E-state index in [4.69, 9.17) is 0 Å². The number of hydrogen-bond donors (Lipinski definition) is 3. The number of likely N-dealkylation sites (tertiary alicyclic amines) is 1. The van der Waals surface area contributed by atoms with Crippen molar-refractivity contribution < 1.29 is 9.59 Å². The molecule has 3 rings (SSSR count). The van der Waals surface area contributed by atoms with Gasteiger partial charge < -0.3 is 10.2 Å². The average Bonchev–Trinajstić information content (AvgIpc) is 3.08. The Morgan fingerprint density at radius 2 is 1.96 bits per heavy atom. The van der Waals surface area contributed by atoms with E-state index in [-0.39, 0.29) is 23.8 Å². The molecule has 0 bridgehead atoms. The molecule has 0 unspecified atom stereocenters. The number of rotatable bonds is 4. The monoisotopic (exact) mass is 357 g/mol. The number of H-pyrrole nitrogens is 2. The lowest BCUT2D eigenvalue weighted by Gasteiger charge is -2.32. The molecule has 1 aromatic carbocycles. The van der Waals surface area contributed by atoms with Gasteiger partial charge in [-0.25, -0.2) is 9.89 Å². The van der Waals surface area contributed by atoms with E-state index < -0.39 is 5.69 Å². The lowest BCUT2D eigenvalue weighted by Crippen LogP contribution is -2.43. The van der Waals surface area contributed by atoms with Crippen LogP contribution in [-0.2, 0) is 4.79 Å². The number of aryl methyl sites for hydroxylation is 1. The molecule has 138 valence electrons. The third kappa shape index (κ3) is 3.84. The molecule has 1 aliphatic rings. The van der Waals surface area contributed by atoms with E-state index in [1.165, 1.54) is 0 Å². The van der Waals surface area contributed by atoms with Gasteiger partial charge in [-0.15, -0.1) is 0 Å². The van der Waals surface area contributed by atoms with E-state index in [0.717, 1.165) is 5.56 Å². The fourth-order valence-corrected chi connectivity index (χ4v) is 3.22. The second-order valence-electron chi connectivity index (χ2n) is 6.67. The SMILES string of the molecule is Cc1ccccc1C(=O)N1CCC(C(=O)N[C@@H](C)c2n[nH]c(=O)[nH]2)CC1. The van der Waals surface area contributed by atoms with Crippen LogP contribution in [0.4, 0.5) is 0 Å². The number of hydrogen-bond acceptors (Lipinski definition) is 4. The van der Waals surface area contributed by atoms with E-state index >= 15 is 0 Å². The number of piperidine rings is 1. The van der Waals surface area contributed by atoms with Gasteiger partial charge in [0.05, 0.1) is 6.04 Å². The molecule has 0 aliphatic carbocycles. The first-order valence-electron chi connectivity index (χ1n) is 8.75. The van der Waals surface area contributed by atoms with Crippen molar-refractivity contribution in [1.82, 2.24) is 25.4 Å². The molecule has 0 radical (unpaired) electrons. The predicted molar refractivity (Wildman–Crippen MR) is 95.6 cm³/mol. The first-order chi connectivity index (χ1) is 12.5. The summed E-state index contributed by atoms with van der Waals surface area (Å²) in [4.78, 5) is 40.5. The minimum Gasteiger partial charge on any atom is -0.346 e.